The van der Waals surface area contributed by atoms with Gasteiger partial charge in [0.1, 0.15) is 6.10 Å². The Labute approximate surface area is 209 Å². The summed E-state index contributed by atoms with van der Waals surface area (Å²) in [7, 11) is 0. The Bertz CT molecular complexity index is 1290. The fourth-order valence-electron chi connectivity index (χ4n) is 5.97. The van der Waals surface area contributed by atoms with Gasteiger partial charge in [-0.15, -0.1) is 0 Å². The first kappa shape index (κ1) is 23.0. The van der Waals surface area contributed by atoms with E-state index in [1.807, 2.05) is 73.7 Å². The molecule has 2 unspecified atom stereocenters. The molecule has 7 atom stereocenters. The van der Waals surface area contributed by atoms with Crippen LogP contribution < -0.4 is 0 Å². The van der Waals surface area contributed by atoms with Crippen LogP contribution >= 0.6 is 0 Å². The van der Waals surface area contributed by atoms with Gasteiger partial charge in [0.25, 0.3) is 0 Å². The minimum atomic E-state index is -0.744. The molecule has 0 amide bonds. The van der Waals surface area contributed by atoms with Gasteiger partial charge < -0.3 is 19.3 Å². The molecule has 184 valence electrons. The zero-order valence-corrected chi connectivity index (χ0v) is 19.9. The molecule has 3 aromatic carbocycles. The smallest absolute Gasteiger partial charge is 0.312 e. The molecule has 6 heteroatoms. The van der Waals surface area contributed by atoms with E-state index in [1.54, 1.807) is 0 Å². The molecule has 7 rings (SSSR count). The van der Waals surface area contributed by atoms with Gasteiger partial charge in [-0.25, -0.2) is 0 Å². The Morgan fingerprint density at radius 3 is 1.78 bits per heavy atom. The average Bonchev–Trinajstić information content (AvgIpc) is 3.70. The van der Waals surface area contributed by atoms with E-state index < -0.39 is 5.97 Å². The van der Waals surface area contributed by atoms with Crippen LogP contribution in [0.25, 0.3) is 0 Å². The van der Waals surface area contributed by atoms with Crippen LogP contribution in [0.15, 0.2) is 78.9 Å². The number of carbonyl (C=O) groups is 2. The van der Waals surface area contributed by atoms with Crippen LogP contribution in [0.1, 0.15) is 78.1 Å². The summed E-state index contributed by atoms with van der Waals surface area (Å²) in [5, 5.41) is 8.98. The Balaban J connectivity index is 0.000000147. The van der Waals surface area contributed by atoms with Gasteiger partial charge in [-0.2, -0.15) is 0 Å². The minimum absolute atomic E-state index is 0.0114. The molecule has 0 saturated carbocycles. The van der Waals surface area contributed by atoms with Gasteiger partial charge in [0.05, 0.1) is 36.3 Å². The number of ether oxygens (including phenoxy) is 3. The molecule has 4 aliphatic heterocycles. The molecule has 4 aliphatic rings. The van der Waals surface area contributed by atoms with Gasteiger partial charge in [-0.1, -0.05) is 78.9 Å². The largest absolute Gasteiger partial charge is 0.481 e. The number of esters is 1. The molecule has 0 aromatic heterocycles. The van der Waals surface area contributed by atoms with Gasteiger partial charge in [-0.3, -0.25) is 9.59 Å². The Morgan fingerprint density at radius 2 is 1.22 bits per heavy atom. The highest BCUT2D eigenvalue weighted by molar-refractivity contribution is 5.75. The molecule has 2 fully saturated rings. The van der Waals surface area contributed by atoms with E-state index in [4.69, 9.17) is 19.3 Å². The number of benzene rings is 3. The lowest BCUT2D eigenvalue weighted by Crippen LogP contribution is -2.24. The molecular formula is C30H28O6. The molecule has 1 N–H and O–H groups in total. The highest BCUT2D eigenvalue weighted by Crippen LogP contribution is 2.55. The van der Waals surface area contributed by atoms with Gasteiger partial charge in [-0.05, 0) is 47.6 Å². The van der Waals surface area contributed by atoms with Crippen molar-refractivity contribution in [1.29, 1.82) is 0 Å². The Kier molecular flexibility index (Phi) is 5.86. The predicted molar refractivity (Wildman–Crippen MR) is 131 cm³/mol. The molecule has 6 nitrogen and oxygen atoms in total. The zero-order valence-electron chi connectivity index (χ0n) is 19.9. The number of aliphatic carboxylic acids is 1. The van der Waals surface area contributed by atoms with Gasteiger partial charge in [0.2, 0.25) is 0 Å². The number of hydrogen-bond acceptors (Lipinski definition) is 5. The monoisotopic (exact) mass is 484 g/mol. The Morgan fingerprint density at radius 1 is 0.750 bits per heavy atom. The van der Waals surface area contributed by atoms with Crippen molar-refractivity contribution in [2.45, 2.75) is 50.3 Å². The van der Waals surface area contributed by atoms with Crippen LogP contribution in [0, 0.1) is 11.8 Å². The summed E-state index contributed by atoms with van der Waals surface area (Å²) in [5.41, 5.74) is 5.63. The zero-order chi connectivity index (χ0) is 24.8. The number of hydrogen-bond donors (Lipinski definition) is 1. The summed E-state index contributed by atoms with van der Waals surface area (Å²) in [6, 6.07) is 25.9. The average molecular weight is 485 g/mol. The highest BCUT2D eigenvalue weighted by atomic mass is 16.6. The quantitative estimate of drug-likeness (QED) is 0.456. The Hall–Kier alpha value is -3.48. The number of fused-ring (bicyclic) bond motifs is 10. The molecule has 2 saturated heterocycles. The van der Waals surface area contributed by atoms with Crippen LogP contribution in [0.4, 0.5) is 0 Å². The van der Waals surface area contributed by atoms with Crippen LogP contribution in [-0.2, 0) is 23.8 Å². The van der Waals surface area contributed by atoms with E-state index in [1.165, 1.54) is 11.1 Å². The maximum atomic E-state index is 12.5. The SMILES string of the molecule is C[C@@H](OC(=O)C1C[C@H]2O[C@@H]1c1ccccc12)c1ccccc1.O=C(O)C1C[C@H]2O[C@@H]1c1ccccc12. The first-order valence-electron chi connectivity index (χ1n) is 12.5. The van der Waals surface area contributed by atoms with Crippen molar-refractivity contribution >= 4 is 11.9 Å². The third kappa shape index (κ3) is 3.91. The molecule has 0 spiro atoms. The minimum Gasteiger partial charge on any atom is -0.481 e. The lowest BCUT2D eigenvalue weighted by molar-refractivity contribution is -0.155. The number of carbonyl (C=O) groups excluding carboxylic acids is 1. The predicted octanol–water partition coefficient (Wildman–Crippen LogP) is 6.03. The molecule has 4 heterocycles. The van der Waals surface area contributed by atoms with Crippen molar-refractivity contribution in [1.82, 2.24) is 0 Å². The maximum absolute atomic E-state index is 12.5. The van der Waals surface area contributed by atoms with Gasteiger partial charge in [0, 0.05) is 0 Å². The first-order chi connectivity index (χ1) is 17.5. The van der Waals surface area contributed by atoms with E-state index in [-0.39, 0.29) is 48.3 Å². The van der Waals surface area contributed by atoms with Crippen molar-refractivity contribution in [3.05, 3.63) is 107 Å². The summed E-state index contributed by atoms with van der Waals surface area (Å²) in [6.07, 6.45) is 0.815. The van der Waals surface area contributed by atoms with Crippen molar-refractivity contribution in [2.75, 3.05) is 0 Å². The number of carboxylic acid groups (broad SMARTS) is 1. The molecule has 36 heavy (non-hydrogen) atoms. The van der Waals surface area contributed by atoms with E-state index in [0.29, 0.717) is 6.42 Å². The van der Waals surface area contributed by atoms with E-state index in [2.05, 4.69) is 12.1 Å². The summed E-state index contributed by atoms with van der Waals surface area (Å²) in [6.45, 7) is 1.91. The van der Waals surface area contributed by atoms with Crippen LogP contribution in [0.5, 0.6) is 0 Å². The van der Waals surface area contributed by atoms with Crippen molar-refractivity contribution in [2.24, 2.45) is 11.8 Å². The second kappa shape index (κ2) is 9.19. The third-order valence-corrected chi connectivity index (χ3v) is 7.77. The second-order valence-electron chi connectivity index (χ2n) is 9.86. The van der Waals surface area contributed by atoms with Gasteiger partial charge >= 0.3 is 11.9 Å². The lowest BCUT2D eigenvalue weighted by atomic mass is 9.84. The summed E-state index contributed by atoms with van der Waals surface area (Å²) in [4.78, 5) is 23.4. The lowest BCUT2D eigenvalue weighted by Gasteiger charge is -2.22. The van der Waals surface area contributed by atoms with Crippen molar-refractivity contribution in [3.63, 3.8) is 0 Å². The van der Waals surface area contributed by atoms with Crippen molar-refractivity contribution < 1.29 is 28.9 Å². The van der Waals surface area contributed by atoms with E-state index >= 15 is 0 Å². The van der Waals surface area contributed by atoms with Crippen LogP contribution in [0.2, 0.25) is 0 Å². The molecule has 3 aromatic rings. The van der Waals surface area contributed by atoms with E-state index in [0.717, 1.165) is 23.1 Å². The van der Waals surface area contributed by atoms with E-state index in [9.17, 15) is 9.59 Å². The summed E-state index contributed by atoms with van der Waals surface area (Å²) >= 11 is 0. The normalized spacial score (nSPS) is 29.0. The summed E-state index contributed by atoms with van der Waals surface area (Å²) in [5.74, 6) is -1.44. The van der Waals surface area contributed by atoms with Crippen LogP contribution in [0.3, 0.4) is 0 Å². The standard InChI is InChI=1S/C19H18O3.C11H10O3/c1-12(13-7-3-2-4-8-13)21-19(20)16-11-17-14-9-5-6-10-15(14)18(16)22-17;12-11(13)8-5-9-6-3-1-2-4-7(6)10(8)14-9/h2-10,12,16-18H,11H2,1H3;1-4,8-10H,5H2,(H,12,13)/t12-,16?,17-,18-;8?,9-,10-/m11/s1. The molecule has 0 radical (unpaired) electrons. The van der Waals surface area contributed by atoms with Crippen LogP contribution in [-0.4, -0.2) is 17.0 Å². The molecule has 4 bridgehead atoms. The third-order valence-electron chi connectivity index (χ3n) is 7.77. The number of rotatable bonds is 4. The van der Waals surface area contributed by atoms with Gasteiger partial charge in [0.15, 0.2) is 0 Å². The topological polar surface area (TPSA) is 82.1 Å². The number of carboxylic acids is 1. The molecule has 0 aliphatic carbocycles. The maximum Gasteiger partial charge on any atom is 0.312 e. The van der Waals surface area contributed by atoms with Crippen molar-refractivity contribution in [3.8, 4) is 0 Å². The second-order valence-corrected chi connectivity index (χ2v) is 9.86. The molecular weight excluding hydrogens is 456 g/mol. The summed E-state index contributed by atoms with van der Waals surface area (Å²) < 4.78 is 17.3. The fraction of sp³-hybridized carbons (Fsp3) is 0.333. The highest BCUT2D eigenvalue weighted by Gasteiger charge is 2.49. The first-order valence-corrected chi connectivity index (χ1v) is 12.5. The fourth-order valence-corrected chi connectivity index (χ4v) is 5.97.